The van der Waals surface area contributed by atoms with Gasteiger partial charge in [-0.05, 0) is 19.8 Å². The van der Waals surface area contributed by atoms with Gasteiger partial charge in [-0.3, -0.25) is 4.79 Å². The fourth-order valence-corrected chi connectivity index (χ4v) is 1.48. The van der Waals surface area contributed by atoms with Gasteiger partial charge in [0.05, 0.1) is 0 Å². The van der Waals surface area contributed by atoms with Gasteiger partial charge in [-0.15, -0.1) is 0 Å². The first-order chi connectivity index (χ1) is 6.16. The molecule has 1 saturated heterocycles. The lowest BCUT2D eigenvalue weighted by atomic mass is 9.92. The zero-order chi connectivity index (χ0) is 9.73. The van der Waals surface area contributed by atoms with Gasteiger partial charge in [0.1, 0.15) is 0 Å². The number of ether oxygens (including phenoxy) is 1. The first-order valence-corrected chi connectivity index (χ1v) is 4.75. The van der Waals surface area contributed by atoms with Gasteiger partial charge in [-0.25, -0.2) is 0 Å². The van der Waals surface area contributed by atoms with E-state index in [2.05, 4.69) is 12.2 Å². The van der Waals surface area contributed by atoms with Crippen molar-refractivity contribution in [2.75, 3.05) is 19.8 Å². The molecular formula is C9H18N2O2. The Morgan fingerprint density at radius 2 is 2.15 bits per heavy atom. The van der Waals surface area contributed by atoms with Crippen LogP contribution in [0.4, 0.5) is 0 Å². The zero-order valence-corrected chi connectivity index (χ0v) is 8.14. The van der Waals surface area contributed by atoms with E-state index in [1.807, 2.05) is 0 Å². The van der Waals surface area contributed by atoms with E-state index >= 15 is 0 Å². The zero-order valence-electron chi connectivity index (χ0n) is 8.14. The van der Waals surface area contributed by atoms with Crippen LogP contribution >= 0.6 is 0 Å². The fourth-order valence-electron chi connectivity index (χ4n) is 1.48. The maximum Gasteiger partial charge on any atom is 0.221 e. The highest BCUT2D eigenvalue weighted by atomic mass is 16.5. The van der Waals surface area contributed by atoms with Gasteiger partial charge in [0, 0.05) is 31.7 Å². The van der Waals surface area contributed by atoms with Crippen molar-refractivity contribution < 1.29 is 9.53 Å². The quantitative estimate of drug-likeness (QED) is 0.653. The number of hydrogen-bond donors (Lipinski definition) is 2. The van der Waals surface area contributed by atoms with Crippen molar-refractivity contribution in [1.29, 1.82) is 0 Å². The monoisotopic (exact) mass is 186 g/mol. The predicted octanol–water partition coefficient (Wildman–Crippen LogP) is 0.0205. The van der Waals surface area contributed by atoms with Crippen LogP contribution in [0, 0.1) is 0 Å². The molecule has 0 atom stereocenters. The Balaban J connectivity index is 2.36. The molecule has 4 heteroatoms. The molecule has 1 amide bonds. The van der Waals surface area contributed by atoms with Crippen LogP contribution in [0.25, 0.3) is 0 Å². The first kappa shape index (κ1) is 10.5. The van der Waals surface area contributed by atoms with E-state index in [1.165, 1.54) is 0 Å². The van der Waals surface area contributed by atoms with Crippen LogP contribution in [0.2, 0.25) is 0 Å². The number of amides is 1. The number of hydrogen-bond acceptors (Lipinski definition) is 3. The lowest BCUT2D eigenvalue weighted by molar-refractivity contribution is -0.123. The van der Waals surface area contributed by atoms with Gasteiger partial charge in [0.15, 0.2) is 0 Å². The van der Waals surface area contributed by atoms with E-state index in [-0.39, 0.29) is 11.4 Å². The highest BCUT2D eigenvalue weighted by Gasteiger charge is 2.28. The Labute approximate surface area is 78.8 Å². The third kappa shape index (κ3) is 3.32. The molecule has 4 nitrogen and oxygen atoms in total. The molecule has 1 aliphatic heterocycles. The smallest absolute Gasteiger partial charge is 0.221 e. The predicted molar refractivity (Wildman–Crippen MR) is 50.3 cm³/mol. The van der Waals surface area contributed by atoms with Gasteiger partial charge in [-0.1, -0.05) is 0 Å². The van der Waals surface area contributed by atoms with Crippen LogP contribution in [0.1, 0.15) is 26.2 Å². The molecule has 0 unspecified atom stereocenters. The maximum absolute atomic E-state index is 11.3. The van der Waals surface area contributed by atoms with Crippen LogP contribution in [-0.4, -0.2) is 31.2 Å². The molecule has 0 aromatic carbocycles. The third-order valence-electron chi connectivity index (χ3n) is 2.41. The van der Waals surface area contributed by atoms with Crippen LogP contribution < -0.4 is 11.1 Å². The second kappa shape index (κ2) is 4.58. The minimum absolute atomic E-state index is 0.0481. The topological polar surface area (TPSA) is 64.4 Å². The van der Waals surface area contributed by atoms with E-state index in [4.69, 9.17) is 10.5 Å². The van der Waals surface area contributed by atoms with Crippen molar-refractivity contribution in [2.45, 2.75) is 31.7 Å². The Morgan fingerprint density at radius 3 is 2.69 bits per heavy atom. The summed E-state index contributed by atoms with van der Waals surface area (Å²) in [6.45, 7) is 3.95. The van der Waals surface area contributed by atoms with Crippen molar-refractivity contribution in [2.24, 2.45) is 5.73 Å². The molecular weight excluding hydrogens is 168 g/mol. The summed E-state index contributed by atoms with van der Waals surface area (Å²) in [5, 5.41) is 3.00. The lowest BCUT2D eigenvalue weighted by Crippen LogP contribution is -2.49. The standard InChI is InChI=1S/C9H18N2O2/c1-9(3-6-13-7-4-9)11-8(12)2-5-10/h2-7,10H2,1H3,(H,11,12). The molecule has 0 spiro atoms. The molecule has 0 aliphatic carbocycles. The van der Waals surface area contributed by atoms with Gasteiger partial charge >= 0.3 is 0 Å². The third-order valence-corrected chi connectivity index (χ3v) is 2.41. The molecule has 0 radical (unpaired) electrons. The van der Waals surface area contributed by atoms with Gasteiger partial charge < -0.3 is 15.8 Å². The molecule has 1 heterocycles. The Morgan fingerprint density at radius 1 is 1.54 bits per heavy atom. The number of rotatable bonds is 3. The van der Waals surface area contributed by atoms with E-state index in [1.54, 1.807) is 0 Å². The van der Waals surface area contributed by atoms with E-state index in [0.29, 0.717) is 13.0 Å². The van der Waals surface area contributed by atoms with Crippen molar-refractivity contribution in [1.82, 2.24) is 5.32 Å². The van der Waals surface area contributed by atoms with Crippen LogP contribution in [0.3, 0.4) is 0 Å². The normalized spacial score (nSPS) is 21.1. The summed E-state index contributed by atoms with van der Waals surface area (Å²) in [5.41, 5.74) is 5.21. The van der Waals surface area contributed by atoms with Crippen LogP contribution in [0.15, 0.2) is 0 Å². The average molecular weight is 186 g/mol. The number of nitrogens with two attached hydrogens (primary N) is 1. The molecule has 0 aromatic rings. The average Bonchev–Trinajstić information content (AvgIpc) is 2.04. The molecule has 1 aliphatic rings. The van der Waals surface area contributed by atoms with Gasteiger partial charge in [-0.2, -0.15) is 0 Å². The molecule has 0 bridgehead atoms. The van der Waals surface area contributed by atoms with Gasteiger partial charge in [0.2, 0.25) is 5.91 Å². The van der Waals surface area contributed by atoms with Gasteiger partial charge in [0.25, 0.3) is 0 Å². The first-order valence-electron chi connectivity index (χ1n) is 4.75. The summed E-state index contributed by atoms with van der Waals surface area (Å²) >= 11 is 0. The van der Waals surface area contributed by atoms with Crippen molar-refractivity contribution >= 4 is 5.91 Å². The molecule has 1 rings (SSSR count). The second-order valence-electron chi connectivity index (χ2n) is 3.76. The fraction of sp³-hybridized carbons (Fsp3) is 0.889. The SMILES string of the molecule is CC1(NC(=O)CCN)CCOCC1. The van der Waals surface area contributed by atoms with Crippen molar-refractivity contribution in [3.05, 3.63) is 0 Å². The Bertz CT molecular complexity index is 176. The number of carbonyl (C=O) groups excluding carboxylic acids is 1. The number of nitrogens with one attached hydrogen (secondary N) is 1. The molecule has 0 saturated carbocycles. The Kier molecular flexibility index (Phi) is 3.69. The van der Waals surface area contributed by atoms with Crippen LogP contribution in [-0.2, 0) is 9.53 Å². The summed E-state index contributed by atoms with van der Waals surface area (Å²) < 4.78 is 5.23. The molecule has 76 valence electrons. The minimum atomic E-state index is -0.0789. The maximum atomic E-state index is 11.3. The molecule has 13 heavy (non-hydrogen) atoms. The lowest BCUT2D eigenvalue weighted by Gasteiger charge is -2.34. The summed E-state index contributed by atoms with van der Waals surface area (Å²) in [5.74, 6) is 0.0481. The molecule has 0 aromatic heterocycles. The largest absolute Gasteiger partial charge is 0.381 e. The summed E-state index contributed by atoms with van der Waals surface area (Å²) in [7, 11) is 0. The second-order valence-corrected chi connectivity index (χ2v) is 3.76. The van der Waals surface area contributed by atoms with E-state index in [0.717, 1.165) is 26.1 Å². The summed E-state index contributed by atoms with van der Waals surface area (Å²) in [6, 6.07) is 0. The van der Waals surface area contributed by atoms with Crippen molar-refractivity contribution in [3.8, 4) is 0 Å². The Hall–Kier alpha value is -0.610. The number of carbonyl (C=O) groups is 1. The molecule has 1 fully saturated rings. The van der Waals surface area contributed by atoms with Crippen molar-refractivity contribution in [3.63, 3.8) is 0 Å². The minimum Gasteiger partial charge on any atom is -0.381 e. The highest BCUT2D eigenvalue weighted by molar-refractivity contribution is 5.76. The summed E-state index contributed by atoms with van der Waals surface area (Å²) in [4.78, 5) is 11.3. The highest BCUT2D eigenvalue weighted by Crippen LogP contribution is 2.19. The van der Waals surface area contributed by atoms with Crippen LogP contribution in [0.5, 0.6) is 0 Å². The van der Waals surface area contributed by atoms with E-state index < -0.39 is 0 Å². The molecule has 3 N–H and O–H groups in total. The van der Waals surface area contributed by atoms with E-state index in [9.17, 15) is 4.79 Å². The summed E-state index contributed by atoms with van der Waals surface area (Å²) in [6.07, 6.45) is 2.20.